The van der Waals surface area contributed by atoms with Crippen LogP contribution in [0.5, 0.6) is 5.75 Å². The molecule has 3 aromatic carbocycles. The van der Waals surface area contributed by atoms with E-state index in [-0.39, 0.29) is 72.8 Å². The number of rotatable bonds is 24. The van der Waals surface area contributed by atoms with Gasteiger partial charge in [-0.15, -0.1) is 11.3 Å². The van der Waals surface area contributed by atoms with Gasteiger partial charge in [0.2, 0.25) is 17.7 Å². The van der Waals surface area contributed by atoms with E-state index in [1.54, 1.807) is 49.6 Å². The van der Waals surface area contributed by atoms with E-state index in [1.165, 1.54) is 10.5 Å². The molecule has 0 bridgehead atoms. The third-order valence-corrected chi connectivity index (χ3v) is 19.0. The van der Waals surface area contributed by atoms with E-state index in [1.807, 2.05) is 82.3 Å². The lowest BCUT2D eigenvalue weighted by molar-refractivity contribution is -0.146. The number of thiazole rings is 1. The predicted molar refractivity (Wildman–Crippen MR) is 312 cm³/mol. The number of halogens is 1. The van der Waals surface area contributed by atoms with E-state index in [2.05, 4.69) is 34.3 Å². The van der Waals surface area contributed by atoms with Crippen LogP contribution in [0.25, 0.3) is 10.4 Å². The van der Waals surface area contributed by atoms with E-state index in [0.717, 1.165) is 77.1 Å². The standard InChI is InChI=1S/C62H81ClN6O8S2/c1-39(2)77-55-34-50(41(5)29-47(55)31-57-64-36-52(63)53(67-57)30-46-17-15-16-19-56(46)79(75,76)40(3)4)44-25-27-68(28-26-44)58(72)20-14-12-10-11-13-18-48(70)32-51(62(7,8)9)61(74)69-37-49(71)33-54(69)60(73)65-35-43-21-23-45(24-22-43)59-42(6)66-38-78-59/h15-17,19,21-24,29,34,36,38-40,44,49,51,54,71H,10-14,18,20,25-28,30-33,35,37H2,1-9H3,(H,65,73)/t49-,51-,54+/m1/s1. The lowest BCUT2D eigenvalue weighted by Gasteiger charge is -2.34. The number of aliphatic hydroxyl groups excluding tert-OH is 1. The second-order valence-electron chi connectivity index (χ2n) is 23.3. The number of aryl methyl sites for hydroxylation is 2. The summed E-state index contributed by atoms with van der Waals surface area (Å²) >= 11 is 8.20. The van der Waals surface area contributed by atoms with Crippen molar-refractivity contribution in [1.29, 1.82) is 0 Å². The minimum Gasteiger partial charge on any atom is -0.491 e. The summed E-state index contributed by atoms with van der Waals surface area (Å²) < 4.78 is 32.8. The SMILES string of the molecule is Cc1cc(Cc2ncc(Cl)c(Cc3ccccc3S(=O)(=O)C(C)C)n2)c(OC(C)C)cc1C1CCN(C(=O)CCCCCCCC(=O)C[C@H](C(=O)N2C[C@H](O)C[C@H]2C(=O)NCc2ccc(-c3scnc3C)cc2)C(C)(C)C)CC1. The molecule has 7 rings (SSSR count). The summed E-state index contributed by atoms with van der Waals surface area (Å²) in [6.07, 6.45) is 8.22. The Bertz CT molecular complexity index is 3040. The van der Waals surface area contributed by atoms with Crippen molar-refractivity contribution in [2.45, 2.75) is 187 Å². The highest BCUT2D eigenvalue weighted by Crippen LogP contribution is 2.38. The molecule has 3 amide bonds. The van der Waals surface area contributed by atoms with Crippen molar-refractivity contribution in [2.75, 3.05) is 19.6 Å². The molecule has 4 heterocycles. The minimum atomic E-state index is -3.52. The van der Waals surface area contributed by atoms with E-state index in [4.69, 9.17) is 21.3 Å². The van der Waals surface area contributed by atoms with Crippen LogP contribution in [-0.4, -0.2) is 105 Å². The van der Waals surface area contributed by atoms with Gasteiger partial charge in [-0.3, -0.25) is 19.2 Å². The molecule has 0 radical (unpaired) electrons. The molecular formula is C62H81ClN6O8S2. The summed E-state index contributed by atoms with van der Waals surface area (Å²) in [6, 6.07) is 18.4. The highest BCUT2D eigenvalue weighted by Gasteiger charge is 2.44. The number of hydrogen-bond donors (Lipinski definition) is 2. The second kappa shape index (κ2) is 27.3. The molecule has 2 fully saturated rings. The van der Waals surface area contributed by atoms with Gasteiger partial charge in [-0.05, 0) is 119 Å². The molecule has 3 atom stereocenters. The Morgan fingerprint density at radius 1 is 0.886 bits per heavy atom. The average Bonchev–Trinajstić information content (AvgIpc) is 4.05. The van der Waals surface area contributed by atoms with E-state index >= 15 is 0 Å². The highest BCUT2D eigenvalue weighted by molar-refractivity contribution is 7.92. The molecular weight excluding hydrogens is 1060 g/mol. The Morgan fingerprint density at radius 3 is 2.23 bits per heavy atom. The lowest BCUT2D eigenvalue weighted by atomic mass is 9.76. The fraction of sp³-hybridized carbons (Fsp3) is 0.532. The summed E-state index contributed by atoms with van der Waals surface area (Å²) in [5, 5.41) is 13.4. The molecule has 0 aliphatic carbocycles. The average molecular weight is 1140 g/mol. The first kappa shape index (κ1) is 61.1. The third kappa shape index (κ3) is 16.1. The Labute approximate surface area is 477 Å². The molecule has 2 aliphatic rings. The van der Waals surface area contributed by atoms with E-state index in [9.17, 15) is 32.7 Å². The topological polar surface area (TPSA) is 189 Å². The number of benzene rings is 3. The van der Waals surface area contributed by atoms with Crippen LogP contribution < -0.4 is 10.1 Å². The Balaban J connectivity index is 0.836. The number of hydrogen-bond acceptors (Lipinski definition) is 12. The molecule has 0 unspecified atom stereocenters. The molecule has 426 valence electrons. The molecule has 0 saturated carbocycles. The molecule has 2 saturated heterocycles. The zero-order valence-electron chi connectivity index (χ0n) is 47.6. The van der Waals surface area contributed by atoms with Crippen molar-refractivity contribution in [2.24, 2.45) is 11.3 Å². The van der Waals surface area contributed by atoms with E-state index < -0.39 is 38.6 Å². The number of nitrogens with one attached hydrogen (secondary N) is 1. The number of Topliss-reactive ketones (excluding diaryl/α,β-unsaturated/α-hetero) is 1. The summed E-state index contributed by atoms with van der Waals surface area (Å²) in [5.41, 5.74) is 8.71. The Kier molecular flexibility index (Phi) is 21.1. The van der Waals surface area contributed by atoms with Crippen LogP contribution >= 0.6 is 22.9 Å². The van der Waals surface area contributed by atoms with Gasteiger partial charge in [-0.1, -0.05) is 100 Å². The van der Waals surface area contributed by atoms with Crippen LogP contribution in [0.2, 0.25) is 5.02 Å². The van der Waals surface area contributed by atoms with Crippen molar-refractivity contribution in [3.05, 3.63) is 122 Å². The highest BCUT2D eigenvalue weighted by atomic mass is 35.5. The van der Waals surface area contributed by atoms with Crippen molar-refractivity contribution in [1.82, 2.24) is 30.1 Å². The number of unbranched alkanes of at least 4 members (excludes halogenated alkanes) is 4. The molecule has 79 heavy (non-hydrogen) atoms. The van der Waals surface area contributed by atoms with Gasteiger partial charge < -0.3 is 25.0 Å². The Hall–Kier alpha value is -5.55. The van der Waals surface area contributed by atoms with Crippen LogP contribution in [0.3, 0.4) is 0 Å². The number of sulfone groups is 1. The molecule has 2 N–H and O–H groups in total. The number of nitrogens with zero attached hydrogens (tertiary/aromatic N) is 5. The van der Waals surface area contributed by atoms with Gasteiger partial charge in [0.15, 0.2) is 9.84 Å². The van der Waals surface area contributed by atoms with Crippen molar-refractivity contribution < 1.29 is 37.4 Å². The van der Waals surface area contributed by atoms with Gasteiger partial charge in [0, 0.05) is 82.4 Å². The number of amides is 3. The second-order valence-corrected chi connectivity index (χ2v) is 27.0. The number of aliphatic hydroxyl groups is 1. The first-order chi connectivity index (χ1) is 37.5. The number of aromatic nitrogens is 3. The summed E-state index contributed by atoms with van der Waals surface area (Å²) in [5.74, 6) is 0.542. The van der Waals surface area contributed by atoms with Gasteiger partial charge in [0.05, 0.1) is 49.2 Å². The number of ketones is 1. The number of piperidine rings is 1. The molecule has 2 aromatic heterocycles. The minimum absolute atomic E-state index is 0.0135. The van der Waals surface area contributed by atoms with Gasteiger partial charge in [0.1, 0.15) is 23.4 Å². The maximum absolute atomic E-state index is 14.2. The van der Waals surface area contributed by atoms with Gasteiger partial charge in [0.25, 0.3) is 0 Å². The van der Waals surface area contributed by atoms with Crippen molar-refractivity contribution in [3.8, 4) is 16.2 Å². The maximum atomic E-state index is 14.2. The van der Waals surface area contributed by atoms with Gasteiger partial charge >= 0.3 is 0 Å². The van der Waals surface area contributed by atoms with Crippen LogP contribution in [-0.2, 0) is 48.4 Å². The van der Waals surface area contributed by atoms with Crippen LogP contribution in [0.1, 0.15) is 170 Å². The van der Waals surface area contributed by atoms with Crippen molar-refractivity contribution >= 4 is 56.3 Å². The summed E-state index contributed by atoms with van der Waals surface area (Å²) in [6.45, 7) is 19.0. The number of β-amino-alcohol motifs (C(OH)–C–C–N with tert-alkyl or cyclic N) is 1. The zero-order valence-corrected chi connectivity index (χ0v) is 50.0. The number of ether oxygens (including phenoxy) is 1. The number of carbonyl (C=O) groups excluding carboxylic acids is 4. The van der Waals surface area contributed by atoms with Crippen LogP contribution in [0, 0.1) is 25.2 Å². The summed E-state index contributed by atoms with van der Waals surface area (Å²) in [4.78, 5) is 73.2. The number of carbonyl (C=O) groups is 4. The number of likely N-dealkylation sites (tertiary alicyclic amines) is 2. The molecule has 5 aromatic rings. The quantitative estimate of drug-likeness (QED) is 0.0559. The van der Waals surface area contributed by atoms with Gasteiger partial charge in [-0.25, -0.2) is 23.4 Å². The van der Waals surface area contributed by atoms with Crippen LogP contribution in [0.4, 0.5) is 0 Å². The van der Waals surface area contributed by atoms with Gasteiger partial charge in [-0.2, -0.15) is 0 Å². The monoisotopic (exact) mass is 1140 g/mol. The maximum Gasteiger partial charge on any atom is 0.243 e. The molecule has 14 nitrogen and oxygen atoms in total. The first-order valence-electron chi connectivity index (χ1n) is 28.2. The third-order valence-electron chi connectivity index (χ3n) is 15.5. The largest absolute Gasteiger partial charge is 0.491 e. The predicted octanol–water partition coefficient (Wildman–Crippen LogP) is 11.4. The molecule has 2 aliphatic heterocycles. The van der Waals surface area contributed by atoms with Crippen LogP contribution in [0.15, 0.2) is 77.3 Å². The smallest absolute Gasteiger partial charge is 0.243 e. The lowest BCUT2D eigenvalue weighted by Crippen LogP contribution is -2.50. The van der Waals surface area contributed by atoms with E-state index in [0.29, 0.717) is 60.9 Å². The summed E-state index contributed by atoms with van der Waals surface area (Å²) in [7, 11) is -3.52. The normalized spacial score (nSPS) is 16.7. The molecule has 0 spiro atoms. The zero-order chi connectivity index (χ0) is 57.2. The fourth-order valence-electron chi connectivity index (χ4n) is 10.9. The first-order valence-corrected chi connectivity index (χ1v) is 31.0. The van der Waals surface area contributed by atoms with Crippen molar-refractivity contribution in [3.63, 3.8) is 0 Å². The Morgan fingerprint density at radius 2 is 1.57 bits per heavy atom. The molecule has 17 heteroatoms. The fourth-order valence-corrected chi connectivity index (χ4v) is 13.1.